The zero-order chi connectivity index (χ0) is 11.0. The maximum Gasteiger partial charge on any atom is 0.0934 e. The van der Waals surface area contributed by atoms with Crippen LogP contribution < -0.4 is 0 Å². The number of aromatic nitrogens is 2. The number of hydrogen-bond acceptors (Lipinski definition) is 2. The lowest BCUT2D eigenvalue weighted by molar-refractivity contribution is 0.0664. The summed E-state index contributed by atoms with van der Waals surface area (Å²) in [7, 11) is 0. The van der Waals surface area contributed by atoms with E-state index in [-0.39, 0.29) is 0 Å². The Hall–Kier alpha value is -0.870. The average Bonchev–Trinajstić information content (AvgIpc) is 2.73. The molecule has 1 fully saturated rings. The van der Waals surface area contributed by atoms with E-state index in [9.17, 15) is 0 Å². The molecule has 1 aromatic heterocycles. The summed E-state index contributed by atoms with van der Waals surface area (Å²) in [5.74, 6) is 0. The van der Waals surface area contributed by atoms with Crippen molar-refractivity contribution in [3.05, 3.63) is 28.9 Å². The number of benzene rings is 1. The SMILES string of the molecule is Brc1ccc2cn(C3CCOCC3)nc2c1. The van der Waals surface area contributed by atoms with Crippen LogP contribution in [0.15, 0.2) is 28.9 Å². The Morgan fingerprint density at radius 2 is 2.12 bits per heavy atom. The van der Waals surface area contributed by atoms with Crippen molar-refractivity contribution in [2.24, 2.45) is 0 Å². The fraction of sp³-hybridized carbons (Fsp3) is 0.417. The first kappa shape index (κ1) is 10.3. The lowest BCUT2D eigenvalue weighted by atomic mass is 10.1. The molecule has 4 heteroatoms. The number of rotatable bonds is 1. The number of halogens is 1. The molecular weight excluding hydrogens is 268 g/mol. The Morgan fingerprint density at radius 3 is 2.94 bits per heavy atom. The molecule has 1 aromatic carbocycles. The van der Waals surface area contributed by atoms with Crippen LogP contribution in [0.5, 0.6) is 0 Å². The van der Waals surface area contributed by atoms with Gasteiger partial charge in [0.05, 0.1) is 11.6 Å². The van der Waals surface area contributed by atoms with E-state index in [1.165, 1.54) is 5.39 Å². The van der Waals surface area contributed by atoms with Crippen molar-refractivity contribution in [1.29, 1.82) is 0 Å². The quantitative estimate of drug-likeness (QED) is 0.803. The Morgan fingerprint density at radius 1 is 1.31 bits per heavy atom. The van der Waals surface area contributed by atoms with Crippen molar-refractivity contribution in [2.45, 2.75) is 18.9 Å². The van der Waals surface area contributed by atoms with Gasteiger partial charge in [-0.2, -0.15) is 5.10 Å². The second-order valence-corrected chi connectivity index (χ2v) is 5.07. The number of fused-ring (bicyclic) bond motifs is 1. The minimum Gasteiger partial charge on any atom is -0.381 e. The van der Waals surface area contributed by atoms with Gasteiger partial charge in [-0.25, -0.2) is 0 Å². The standard InChI is InChI=1S/C12H13BrN2O/c13-10-2-1-9-8-15(14-12(9)7-10)11-3-5-16-6-4-11/h1-2,7-8,11H,3-6H2. The van der Waals surface area contributed by atoms with Crippen LogP contribution in [0.2, 0.25) is 0 Å². The van der Waals surface area contributed by atoms with Crippen LogP contribution in [0.25, 0.3) is 10.9 Å². The lowest BCUT2D eigenvalue weighted by Gasteiger charge is -2.22. The molecule has 0 saturated carbocycles. The van der Waals surface area contributed by atoms with Crippen molar-refractivity contribution in [1.82, 2.24) is 9.78 Å². The fourth-order valence-corrected chi connectivity index (χ4v) is 2.49. The number of ether oxygens (including phenoxy) is 1. The van der Waals surface area contributed by atoms with Crippen molar-refractivity contribution < 1.29 is 4.74 Å². The smallest absolute Gasteiger partial charge is 0.0934 e. The van der Waals surface area contributed by atoms with Gasteiger partial charge in [0.25, 0.3) is 0 Å². The number of hydrogen-bond donors (Lipinski definition) is 0. The van der Waals surface area contributed by atoms with Crippen LogP contribution >= 0.6 is 15.9 Å². The molecule has 1 aliphatic rings. The van der Waals surface area contributed by atoms with Gasteiger partial charge in [0.1, 0.15) is 0 Å². The summed E-state index contributed by atoms with van der Waals surface area (Å²) in [6.07, 6.45) is 4.27. The molecule has 1 aliphatic heterocycles. The summed E-state index contributed by atoms with van der Waals surface area (Å²) in [5, 5.41) is 5.83. The van der Waals surface area contributed by atoms with Crippen LogP contribution in [0.3, 0.4) is 0 Å². The third-order valence-electron chi connectivity index (χ3n) is 3.05. The molecule has 3 nitrogen and oxygen atoms in total. The lowest BCUT2D eigenvalue weighted by Crippen LogP contribution is -2.19. The molecule has 0 radical (unpaired) electrons. The fourth-order valence-electron chi connectivity index (χ4n) is 2.15. The summed E-state index contributed by atoms with van der Waals surface area (Å²) in [6.45, 7) is 1.70. The van der Waals surface area contributed by atoms with E-state index in [1.807, 2.05) is 0 Å². The molecule has 1 saturated heterocycles. The van der Waals surface area contributed by atoms with Crippen LogP contribution in [-0.2, 0) is 4.74 Å². The first-order valence-electron chi connectivity index (χ1n) is 5.55. The molecule has 0 amide bonds. The molecule has 0 unspecified atom stereocenters. The molecule has 0 bridgehead atoms. The Bertz CT molecular complexity index is 503. The minimum absolute atomic E-state index is 0.500. The molecule has 0 atom stereocenters. The molecule has 84 valence electrons. The third-order valence-corrected chi connectivity index (χ3v) is 3.55. The maximum atomic E-state index is 5.37. The molecule has 0 spiro atoms. The van der Waals surface area contributed by atoms with Gasteiger partial charge in [-0.05, 0) is 25.0 Å². The normalized spacial score (nSPS) is 18.1. The number of nitrogens with zero attached hydrogens (tertiary/aromatic N) is 2. The maximum absolute atomic E-state index is 5.37. The summed E-state index contributed by atoms with van der Waals surface area (Å²) in [4.78, 5) is 0. The van der Waals surface area contributed by atoms with Crippen LogP contribution in [0.1, 0.15) is 18.9 Å². The molecule has 3 rings (SSSR count). The predicted octanol–water partition coefficient (Wildman–Crippen LogP) is 3.15. The first-order chi connectivity index (χ1) is 7.83. The van der Waals surface area contributed by atoms with Crippen LogP contribution in [0, 0.1) is 0 Å². The van der Waals surface area contributed by atoms with E-state index < -0.39 is 0 Å². The Balaban J connectivity index is 1.97. The van der Waals surface area contributed by atoms with Crippen molar-refractivity contribution in [2.75, 3.05) is 13.2 Å². The van der Waals surface area contributed by atoms with Gasteiger partial charge in [0.2, 0.25) is 0 Å². The van der Waals surface area contributed by atoms with Gasteiger partial charge in [-0.15, -0.1) is 0 Å². The van der Waals surface area contributed by atoms with E-state index in [1.54, 1.807) is 0 Å². The second-order valence-electron chi connectivity index (χ2n) is 4.16. The largest absolute Gasteiger partial charge is 0.381 e. The molecule has 2 heterocycles. The summed E-state index contributed by atoms with van der Waals surface area (Å²) < 4.78 is 8.54. The van der Waals surface area contributed by atoms with E-state index in [0.717, 1.165) is 36.0 Å². The highest BCUT2D eigenvalue weighted by atomic mass is 79.9. The molecule has 0 N–H and O–H groups in total. The molecule has 16 heavy (non-hydrogen) atoms. The summed E-state index contributed by atoms with van der Waals surface area (Å²) >= 11 is 3.47. The Labute approximate surface area is 103 Å². The van der Waals surface area contributed by atoms with Gasteiger partial charge >= 0.3 is 0 Å². The highest BCUT2D eigenvalue weighted by Crippen LogP contribution is 2.24. The van der Waals surface area contributed by atoms with E-state index in [0.29, 0.717) is 6.04 Å². The highest BCUT2D eigenvalue weighted by Gasteiger charge is 2.16. The second kappa shape index (κ2) is 4.18. The minimum atomic E-state index is 0.500. The van der Waals surface area contributed by atoms with Crippen LogP contribution in [0.4, 0.5) is 0 Å². The summed E-state index contributed by atoms with van der Waals surface area (Å²) in [5.41, 5.74) is 1.06. The van der Waals surface area contributed by atoms with Gasteiger partial charge in [-0.1, -0.05) is 22.0 Å². The Kier molecular flexibility index (Phi) is 2.69. The van der Waals surface area contributed by atoms with Crippen molar-refractivity contribution >= 4 is 26.8 Å². The van der Waals surface area contributed by atoms with E-state index in [4.69, 9.17) is 4.74 Å². The molecule has 2 aromatic rings. The van der Waals surface area contributed by atoms with Gasteiger partial charge in [-0.3, -0.25) is 4.68 Å². The molecule has 0 aliphatic carbocycles. The monoisotopic (exact) mass is 280 g/mol. The van der Waals surface area contributed by atoms with Gasteiger partial charge in [0, 0.05) is 29.3 Å². The predicted molar refractivity (Wildman–Crippen MR) is 66.5 cm³/mol. The van der Waals surface area contributed by atoms with Crippen molar-refractivity contribution in [3.8, 4) is 0 Å². The van der Waals surface area contributed by atoms with Crippen LogP contribution in [-0.4, -0.2) is 23.0 Å². The van der Waals surface area contributed by atoms with Gasteiger partial charge in [0.15, 0.2) is 0 Å². The first-order valence-corrected chi connectivity index (χ1v) is 6.34. The van der Waals surface area contributed by atoms with E-state index in [2.05, 4.69) is 50.1 Å². The third kappa shape index (κ3) is 1.87. The zero-order valence-corrected chi connectivity index (χ0v) is 10.5. The van der Waals surface area contributed by atoms with E-state index >= 15 is 0 Å². The van der Waals surface area contributed by atoms with Crippen molar-refractivity contribution in [3.63, 3.8) is 0 Å². The summed E-state index contributed by atoms with van der Waals surface area (Å²) in [6, 6.07) is 6.71. The zero-order valence-electron chi connectivity index (χ0n) is 8.90. The highest BCUT2D eigenvalue weighted by molar-refractivity contribution is 9.10. The van der Waals surface area contributed by atoms with Gasteiger partial charge < -0.3 is 4.74 Å². The average molecular weight is 281 g/mol. The topological polar surface area (TPSA) is 27.1 Å². The molecular formula is C12H13BrN2O.